The van der Waals surface area contributed by atoms with E-state index in [4.69, 9.17) is 11.6 Å². The lowest BCUT2D eigenvalue weighted by molar-refractivity contribution is -0.116. The maximum atomic E-state index is 10.6. The van der Waals surface area contributed by atoms with Crippen molar-refractivity contribution in [3.05, 3.63) is 11.1 Å². The first kappa shape index (κ1) is 5.83. The Bertz CT molecular complexity index is 169. The van der Waals surface area contributed by atoms with Crippen molar-refractivity contribution in [3.8, 4) is 0 Å². The molecule has 44 valence electrons. The predicted octanol–water partition coefficient (Wildman–Crippen LogP) is 1.51. The summed E-state index contributed by atoms with van der Waals surface area (Å²) in [5, 5.41) is -0.310. The van der Waals surface area contributed by atoms with Gasteiger partial charge in [0, 0.05) is 0 Å². The Labute approximate surface area is 53.3 Å². The third-order valence-corrected chi connectivity index (χ3v) is 2.10. The highest BCUT2D eigenvalue weighted by molar-refractivity contribution is 6.39. The molecular weight excluding hydrogens is 124 g/mol. The molecule has 0 N–H and O–H groups in total. The highest BCUT2D eigenvalue weighted by atomic mass is 35.5. The largest absolute Gasteiger partial charge is 0.293 e. The molecule has 1 unspecified atom stereocenters. The average Bonchev–Trinajstić information content (AvgIpc) is 1.83. The van der Waals surface area contributed by atoms with E-state index in [1.165, 1.54) is 0 Å². The highest BCUT2D eigenvalue weighted by Gasteiger charge is 2.30. The number of halogens is 1. The number of allylic oxidation sites excluding steroid dienone is 2. The third kappa shape index (κ3) is 0.511. The van der Waals surface area contributed by atoms with E-state index in [-0.39, 0.29) is 11.2 Å². The number of alkyl halides is 1. The molecule has 8 heavy (non-hydrogen) atoms. The van der Waals surface area contributed by atoms with Crippen molar-refractivity contribution in [2.45, 2.75) is 19.2 Å². The molecule has 1 rings (SSSR count). The number of ketones is 1. The van der Waals surface area contributed by atoms with Gasteiger partial charge in [0.25, 0.3) is 0 Å². The molecule has 0 aromatic heterocycles. The molecule has 0 saturated heterocycles. The molecule has 2 heteroatoms. The quantitative estimate of drug-likeness (QED) is 0.455. The predicted molar refractivity (Wildman–Crippen MR) is 33.0 cm³/mol. The maximum Gasteiger partial charge on any atom is 0.180 e. The zero-order valence-corrected chi connectivity index (χ0v) is 5.62. The topological polar surface area (TPSA) is 17.1 Å². The monoisotopic (exact) mass is 130 g/mol. The van der Waals surface area contributed by atoms with Crippen molar-refractivity contribution in [2.24, 2.45) is 0 Å². The fourth-order valence-corrected chi connectivity index (χ4v) is 1.02. The Hall–Kier alpha value is -0.300. The summed E-state index contributed by atoms with van der Waals surface area (Å²) in [6.07, 6.45) is 0. The lowest BCUT2D eigenvalue weighted by Gasteiger charge is -2.21. The molecular formula is C6H7ClO. The van der Waals surface area contributed by atoms with E-state index in [0.717, 1.165) is 11.1 Å². The number of hydrogen-bond acceptors (Lipinski definition) is 1. The molecule has 1 aliphatic carbocycles. The number of carbonyl (C=O) groups is 1. The first-order chi connectivity index (χ1) is 3.64. The van der Waals surface area contributed by atoms with E-state index in [1.807, 2.05) is 6.92 Å². The van der Waals surface area contributed by atoms with Gasteiger partial charge in [-0.05, 0) is 25.0 Å². The van der Waals surface area contributed by atoms with Crippen molar-refractivity contribution in [1.82, 2.24) is 0 Å². The minimum absolute atomic E-state index is 0.0872. The van der Waals surface area contributed by atoms with Gasteiger partial charge in [0.15, 0.2) is 5.78 Å². The van der Waals surface area contributed by atoms with Gasteiger partial charge < -0.3 is 0 Å². The van der Waals surface area contributed by atoms with Crippen molar-refractivity contribution in [2.75, 3.05) is 0 Å². The van der Waals surface area contributed by atoms with Crippen molar-refractivity contribution < 1.29 is 4.79 Å². The van der Waals surface area contributed by atoms with E-state index in [9.17, 15) is 4.79 Å². The van der Waals surface area contributed by atoms with Crippen LogP contribution in [-0.2, 0) is 4.79 Å². The van der Waals surface area contributed by atoms with Crippen LogP contribution in [0.25, 0.3) is 0 Å². The Morgan fingerprint density at radius 1 is 1.50 bits per heavy atom. The molecule has 0 aliphatic heterocycles. The SMILES string of the molecule is CC1=C(C)C(Cl)C1=O. The van der Waals surface area contributed by atoms with Gasteiger partial charge in [-0.25, -0.2) is 0 Å². The van der Waals surface area contributed by atoms with Crippen LogP contribution in [-0.4, -0.2) is 11.2 Å². The first-order valence-electron chi connectivity index (χ1n) is 2.50. The smallest absolute Gasteiger partial charge is 0.180 e. The van der Waals surface area contributed by atoms with Gasteiger partial charge in [0.1, 0.15) is 5.38 Å². The fourth-order valence-electron chi connectivity index (χ4n) is 0.693. The van der Waals surface area contributed by atoms with E-state index >= 15 is 0 Å². The Balaban J connectivity index is 2.90. The van der Waals surface area contributed by atoms with Crippen LogP contribution >= 0.6 is 11.6 Å². The maximum absolute atomic E-state index is 10.6. The Morgan fingerprint density at radius 3 is 2.12 bits per heavy atom. The second kappa shape index (κ2) is 1.59. The van der Waals surface area contributed by atoms with E-state index in [1.54, 1.807) is 6.92 Å². The van der Waals surface area contributed by atoms with Crippen LogP contribution in [0.2, 0.25) is 0 Å². The van der Waals surface area contributed by atoms with Crippen LogP contribution in [0, 0.1) is 0 Å². The molecule has 0 radical (unpaired) electrons. The zero-order chi connectivity index (χ0) is 6.31. The second-order valence-corrected chi connectivity index (χ2v) is 2.47. The Morgan fingerprint density at radius 2 is 2.00 bits per heavy atom. The van der Waals surface area contributed by atoms with Gasteiger partial charge in [-0.15, -0.1) is 11.6 Å². The summed E-state index contributed by atoms with van der Waals surface area (Å²) < 4.78 is 0. The minimum Gasteiger partial charge on any atom is -0.293 e. The minimum atomic E-state index is -0.310. The van der Waals surface area contributed by atoms with Gasteiger partial charge in [0.2, 0.25) is 0 Å². The van der Waals surface area contributed by atoms with Crippen LogP contribution in [0.3, 0.4) is 0 Å². The molecule has 0 saturated carbocycles. The van der Waals surface area contributed by atoms with Crippen LogP contribution in [0.1, 0.15) is 13.8 Å². The van der Waals surface area contributed by atoms with Gasteiger partial charge in [-0.1, -0.05) is 0 Å². The summed E-state index contributed by atoms with van der Waals surface area (Å²) in [4.78, 5) is 10.6. The summed E-state index contributed by atoms with van der Waals surface area (Å²) in [7, 11) is 0. The Kier molecular flexibility index (Phi) is 1.16. The van der Waals surface area contributed by atoms with Crippen LogP contribution < -0.4 is 0 Å². The van der Waals surface area contributed by atoms with Gasteiger partial charge >= 0.3 is 0 Å². The first-order valence-corrected chi connectivity index (χ1v) is 2.94. The average molecular weight is 131 g/mol. The molecule has 0 spiro atoms. The van der Waals surface area contributed by atoms with Gasteiger partial charge in [-0.2, -0.15) is 0 Å². The van der Waals surface area contributed by atoms with Crippen molar-refractivity contribution in [3.63, 3.8) is 0 Å². The zero-order valence-electron chi connectivity index (χ0n) is 4.86. The molecule has 0 aromatic rings. The molecule has 0 bridgehead atoms. The van der Waals surface area contributed by atoms with E-state index in [0.29, 0.717) is 0 Å². The van der Waals surface area contributed by atoms with Crippen molar-refractivity contribution in [1.29, 1.82) is 0 Å². The lowest BCUT2D eigenvalue weighted by atomic mass is 9.89. The van der Waals surface area contributed by atoms with Crippen LogP contribution in [0.5, 0.6) is 0 Å². The normalized spacial score (nSPS) is 28.4. The molecule has 0 heterocycles. The molecule has 1 aliphatic rings. The van der Waals surface area contributed by atoms with Crippen LogP contribution in [0.4, 0.5) is 0 Å². The number of carbonyl (C=O) groups excluding carboxylic acids is 1. The summed E-state index contributed by atoms with van der Waals surface area (Å²) >= 11 is 5.54. The van der Waals surface area contributed by atoms with Gasteiger partial charge in [-0.3, -0.25) is 4.79 Å². The van der Waals surface area contributed by atoms with E-state index in [2.05, 4.69) is 0 Å². The highest BCUT2D eigenvalue weighted by Crippen LogP contribution is 2.27. The standard InChI is InChI=1S/C6H7ClO/c1-3-4(2)6(8)5(3)7/h5H,1-2H3. The summed E-state index contributed by atoms with van der Waals surface area (Å²) in [6, 6.07) is 0. The molecule has 0 fully saturated rings. The number of rotatable bonds is 0. The summed E-state index contributed by atoms with van der Waals surface area (Å²) in [5.41, 5.74) is 1.86. The molecule has 1 atom stereocenters. The third-order valence-electron chi connectivity index (χ3n) is 1.57. The summed E-state index contributed by atoms with van der Waals surface area (Å²) in [6.45, 7) is 3.69. The molecule has 0 aromatic carbocycles. The van der Waals surface area contributed by atoms with E-state index < -0.39 is 0 Å². The fraction of sp³-hybridized carbons (Fsp3) is 0.500. The van der Waals surface area contributed by atoms with Crippen LogP contribution in [0.15, 0.2) is 11.1 Å². The second-order valence-electron chi connectivity index (χ2n) is 2.03. The summed E-state index contributed by atoms with van der Waals surface area (Å²) in [5.74, 6) is 0.0872. The number of hydrogen-bond donors (Lipinski definition) is 0. The molecule has 0 amide bonds. The lowest BCUT2D eigenvalue weighted by Crippen LogP contribution is -2.28. The van der Waals surface area contributed by atoms with Gasteiger partial charge in [0.05, 0.1) is 0 Å². The molecule has 1 nitrogen and oxygen atoms in total. The van der Waals surface area contributed by atoms with Crippen molar-refractivity contribution >= 4 is 17.4 Å². The number of Topliss-reactive ketones (excluding diaryl/α,β-unsaturated/α-hetero) is 1.